The number of rotatable bonds is 6. The number of fused-ring (bicyclic) bond motifs is 1. The summed E-state index contributed by atoms with van der Waals surface area (Å²) in [6.07, 6.45) is 4.69. The summed E-state index contributed by atoms with van der Waals surface area (Å²) in [5.74, 6) is -0.407. The van der Waals surface area contributed by atoms with Gasteiger partial charge < -0.3 is 20.7 Å². The normalized spacial score (nSPS) is 15.1. The van der Waals surface area contributed by atoms with Crippen molar-refractivity contribution in [3.63, 3.8) is 0 Å². The summed E-state index contributed by atoms with van der Waals surface area (Å²) in [4.78, 5) is 38.0. The Hall–Kier alpha value is -4.87. The van der Waals surface area contributed by atoms with Crippen LogP contribution >= 0.6 is 0 Å². The van der Waals surface area contributed by atoms with Gasteiger partial charge in [-0.1, -0.05) is 6.58 Å². The number of carbonyl (C=O) groups is 2. The van der Waals surface area contributed by atoms with Crippen LogP contribution in [0.4, 0.5) is 10.2 Å². The van der Waals surface area contributed by atoms with Crippen LogP contribution in [-0.2, 0) is 4.79 Å². The molecule has 0 spiro atoms. The maximum atomic E-state index is 15.4. The molecule has 0 aliphatic carbocycles. The zero-order valence-corrected chi connectivity index (χ0v) is 19.9. The fraction of sp³-hybridized carbons (Fsp3) is 0.200. The van der Waals surface area contributed by atoms with Crippen molar-refractivity contribution in [1.29, 1.82) is 0 Å². The minimum Gasteiger partial charge on any atom is -0.457 e. The van der Waals surface area contributed by atoms with Gasteiger partial charge in [0, 0.05) is 44.0 Å². The Balaban J connectivity index is 1.49. The topological polar surface area (TPSA) is 141 Å². The highest BCUT2D eigenvalue weighted by molar-refractivity contribution is 5.98. The zero-order chi connectivity index (χ0) is 26.1. The Labute approximate surface area is 210 Å². The quantitative estimate of drug-likeness (QED) is 0.384. The van der Waals surface area contributed by atoms with Crippen molar-refractivity contribution in [2.75, 3.05) is 25.9 Å². The fourth-order valence-corrected chi connectivity index (χ4v) is 4.32. The number of amides is 2. The Kier molecular flexibility index (Phi) is 6.22. The lowest BCUT2D eigenvalue weighted by Gasteiger charge is -2.14. The summed E-state index contributed by atoms with van der Waals surface area (Å²) in [7, 11) is 1.50. The molecule has 1 saturated heterocycles. The largest absolute Gasteiger partial charge is 0.457 e. The van der Waals surface area contributed by atoms with Crippen LogP contribution < -0.4 is 15.8 Å². The average Bonchev–Trinajstić information content (AvgIpc) is 3.54. The van der Waals surface area contributed by atoms with Gasteiger partial charge in [0.2, 0.25) is 5.91 Å². The summed E-state index contributed by atoms with van der Waals surface area (Å²) >= 11 is 0. The van der Waals surface area contributed by atoms with Crippen LogP contribution in [0.1, 0.15) is 23.0 Å². The van der Waals surface area contributed by atoms with Crippen LogP contribution in [0.3, 0.4) is 0 Å². The van der Waals surface area contributed by atoms with Crippen LogP contribution in [0.2, 0.25) is 0 Å². The Bertz CT molecular complexity index is 1540. The van der Waals surface area contributed by atoms with Gasteiger partial charge in [-0.25, -0.2) is 19.0 Å². The standard InChI is InChI=1S/C25H23FN8O3/c1-3-20(35)33-9-7-14(12-33)34-24-21(23(27)30-13-31-24)22(32-34)17-5-4-15(10-18(17)26)37-16-6-8-29-19(11-16)25(36)28-2/h3-6,8,10-11,13-14H,1,7,9,12H2,2H3,(H,28,36)(H2,27,30,31). The zero-order valence-electron chi connectivity index (χ0n) is 19.9. The van der Waals surface area contributed by atoms with Crippen molar-refractivity contribution in [2.24, 2.45) is 0 Å². The van der Waals surface area contributed by atoms with E-state index in [1.807, 2.05) is 0 Å². The number of carbonyl (C=O) groups excluding carboxylic acids is 2. The molecule has 1 aliphatic heterocycles. The number of ether oxygens (including phenoxy) is 1. The summed E-state index contributed by atoms with van der Waals surface area (Å²) in [5.41, 5.74) is 7.27. The molecule has 11 nitrogen and oxygen atoms in total. The number of aromatic nitrogens is 5. The number of likely N-dealkylation sites (tertiary alicyclic amines) is 1. The minimum atomic E-state index is -0.595. The number of benzene rings is 1. The van der Waals surface area contributed by atoms with E-state index in [4.69, 9.17) is 10.5 Å². The Morgan fingerprint density at radius 1 is 1.22 bits per heavy atom. The number of halogens is 1. The summed E-state index contributed by atoms with van der Waals surface area (Å²) in [6, 6.07) is 7.20. The Morgan fingerprint density at radius 3 is 2.78 bits per heavy atom. The van der Waals surface area contributed by atoms with E-state index in [-0.39, 0.29) is 46.4 Å². The van der Waals surface area contributed by atoms with Gasteiger partial charge in [0.05, 0.1) is 11.4 Å². The van der Waals surface area contributed by atoms with Gasteiger partial charge in [-0.2, -0.15) is 5.10 Å². The van der Waals surface area contributed by atoms with Crippen molar-refractivity contribution >= 4 is 28.7 Å². The first-order valence-electron chi connectivity index (χ1n) is 11.5. The number of nitrogens with one attached hydrogen (secondary N) is 1. The third-order valence-corrected chi connectivity index (χ3v) is 6.14. The van der Waals surface area contributed by atoms with Crippen LogP contribution in [0.15, 0.2) is 55.5 Å². The molecule has 3 N–H and O–H groups in total. The van der Waals surface area contributed by atoms with Gasteiger partial charge in [0.15, 0.2) is 5.65 Å². The van der Waals surface area contributed by atoms with Crippen molar-refractivity contribution in [1.82, 2.24) is 34.9 Å². The monoisotopic (exact) mass is 502 g/mol. The molecule has 2 amide bonds. The molecular weight excluding hydrogens is 479 g/mol. The van der Waals surface area contributed by atoms with E-state index in [0.29, 0.717) is 36.3 Å². The van der Waals surface area contributed by atoms with Gasteiger partial charge in [-0.3, -0.25) is 14.6 Å². The molecule has 3 aromatic heterocycles. The molecule has 5 rings (SSSR count). The second kappa shape index (κ2) is 9.64. The molecule has 1 aliphatic rings. The number of anilines is 1. The molecule has 1 fully saturated rings. The summed E-state index contributed by atoms with van der Waals surface area (Å²) in [6.45, 7) is 4.51. The number of nitrogen functional groups attached to an aromatic ring is 1. The third kappa shape index (κ3) is 4.44. The molecule has 0 saturated carbocycles. The predicted molar refractivity (Wildman–Crippen MR) is 133 cm³/mol. The van der Waals surface area contributed by atoms with E-state index < -0.39 is 5.82 Å². The molecule has 4 aromatic rings. The number of hydrogen-bond donors (Lipinski definition) is 2. The van der Waals surface area contributed by atoms with Crippen LogP contribution in [0.5, 0.6) is 11.5 Å². The predicted octanol–water partition coefficient (Wildman–Crippen LogP) is 2.72. The maximum Gasteiger partial charge on any atom is 0.269 e. The van der Waals surface area contributed by atoms with E-state index in [1.165, 1.54) is 43.8 Å². The van der Waals surface area contributed by atoms with Gasteiger partial charge in [0.1, 0.15) is 40.8 Å². The van der Waals surface area contributed by atoms with E-state index in [0.717, 1.165) is 0 Å². The maximum absolute atomic E-state index is 15.4. The van der Waals surface area contributed by atoms with Gasteiger partial charge >= 0.3 is 0 Å². The molecule has 1 atom stereocenters. The van der Waals surface area contributed by atoms with E-state index in [9.17, 15) is 9.59 Å². The van der Waals surface area contributed by atoms with Crippen molar-refractivity contribution in [3.8, 4) is 22.8 Å². The van der Waals surface area contributed by atoms with Crippen LogP contribution in [0.25, 0.3) is 22.3 Å². The van der Waals surface area contributed by atoms with Crippen LogP contribution in [0, 0.1) is 5.82 Å². The fourth-order valence-electron chi connectivity index (χ4n) is 4.32. The molecule has 1 unspecified atom stereocenters. The highest BCUT2D eigenvalue weighted by Gasteiger charge is 2.30. The van der Waals surface area contributed by atoms with Crippen molar-refractivity contribution in [2.45, 2.75) is 12.5 Å². The lowest BCUT2D eigenvalue weighted by Crippen LogP contribution is -2.27. The molecule has 1 aromatic carbocycles. The first kappa shape index (κ1) is 23.9. The summed E-state index contributed by atoms with van der Waals surface area (Å²) in [5, 5.41) is 7.59. The number of nitrogens with zero attached hydrogens (tertiary/aromatic N) is 6. The second-order valence-electron chi connectivity index (χ2n) is 8.38. The van der Waals surface area contributed by atoms with Crippen LogP contribution in [-0.4, -0.2) is 61.6 Å². The highest BCUT2D eigenvalue weighted by atomic mass is 19.1. The van der Waals surface area contributed by atoms with Crippen molar-refractivity contribution in [3.05, 3.63) is 67.0 Å². The number of pyridine rings is 1. The highest BCUT2D eigenvalue weighted by Crippen LogP contribution is 2.36. The molecule has 4 heterocycles. The van der Waals surface area contributed by atoms with E-state index in [1.54, 1.807) is 21.7 Å². The molecule has 37 heavy (non-hydrogen) atoms. The van der Waals surface area contributed by atoms with Gasteiger partial charge in [-0.05, 0) is 30.7 Å². The lowest BCUT2D eigenvalue weighted by molar-refractivity contribution is -0.125. The first-order valence-corrected chi connectivity index (χ1v) is 11.5. The van der Waals surface area contributed by atoms with Crippen molar-refractivity contribution < 1.29 is 18.7 Å². The third-order valence-electron chi connectivity index (χ3n) is 6.14. The molecule has 188 valence electrons. The number of nitrogens with two attached hydrogens (primary N) is 1. The summed E-state index contributed by atoms with van der Waals surface area (Å²) < 4.78 is 22.8. The second-order valence-corrected chi connectivity index (χ2v) is 8.38. The molecular formula is C25H23FN8O3. The van der Waals surface area contributed by atoms with Gasteiger partial charge in [-0.15, -0.1) is 0 Å². The number of hydrogen-bond acceptors (Lipinski definition) is 8. The molecule has 0 bridgehead atoms. The van der Waals surface area contributed by atoms with E-state index in [2.05, 4.69) is 31.9 Å². The van der Waals surface area contributed by atoms with E-state index >= 15 is 4.39 Å². The lowest BCUT2D eigenvalue weighted by atomic mass is 10.1. The van der Waals surface area contributed by atoms with Gasteiger partial charge in [0.25, 0.3) is 5.91 Å². The Morgan fingerprint density at radius 2 is 2.03 bits per heavy atom. The smallest absolute Gasteiger partial charge is 0.269 e. The average molecular weight is 503 g/mol. The molecule has 0 radical (unpaired) electrons. The SMILES string of the molecule is C=CC(=O)N1CCC(n2nc(-c3ccc(Oc4ccnc(C(=O)NC)c4)cc3F)c3c(N)ncnc32)C1. The first-order chi connectivity index (χ1) is 17.9. The minimum absolute atomic E-state index is 0.161. The molecule has 12 heteroatoms.